The summed E-state index contributed by atoms with van der Waals surface area (Å²) in [5.74, 6) is 0.858. The number of likely N-dealkylation sites (N-methyl/N-ethyl adjacent to an activating group) is 1. The SMILES string of the molecule is CNC(CCC1CCCCC1)C(C)NC(=O)O. The van der Waals surface area contributed by atoms with Gasteiger partial charge in [0.1, 0.15) is 0 Å². The lowest BCUT2D eigenvalue weighted by molar-refractivity contribution is 0.186. The van der Waals surface area contributed by atoms with Crippen LogP contribution in [0, 0.1) is 5.92 Å². The quantitative estimate of drug-likeness (QED) is 0.671. The minimum atomic E-state index is -0.935. The number of hydrogen-bond donors (Lipinski definition) is 3. The fraction of sp³-hybridized carbons (Fsp3) is 0.923. The van der Waals surface area contributed by atoms with E-state index in [1.165, 1.54) is 38.5 Å². The molecule has 0 saturated heterocycles. The molecule has 1 aliphatic carbocycles. The molecule has 1 rings (SSSR count). The first-order chi connectivity index (χ1) is 8.13. The lowest BCUT2D eigenvalue weighted by atomic mass is 9.84. The van der Waals surface area contributed by atoms with Crippen LogP contribution in [0.2, 0.25) is 0 Å². The second kappa shape index (κ2) is 7.54. The third-order valence-electron chi connectivity index (χ3n) is 3.94. The number of carbonyl (C=O) groups is 1. The molecule has 1 aliphatic rings. The van der Waals surface area contributed by atoms with Crippen LogP contribution in [-0.2, 0) is 0 Å². The maximum atomic E-state index is 10.6. The standard InChI is InChI=1S/C13H26N2O2/c1-10(15-13(16)17)12(14-2)9-8-11-6-4-3-5-7-11/h10-12,14-15H,3-9H2,1-2H3,(H,16,17). The van der Waals surface area contributed by atoms with Crippen molar-refractivity contribution in [1.29, 1.82) is 0 Å². The number of amides is 1. The van der Waals surface area contributed by atoms with E-state index in [-0.39, 0.29) is 12.1 Å². The number of carboxylic acid groups (broad SMARTS) is 1. The summed E-state index contributed by atoms with van der Waals surface area (Å²) in [6, 6.07) is 0.217. The van der Waals surface area contributed by atoms with E-state index in [2.05, 4.69) is 10.6 Å². The number of nitrogens with one attached hydrogen (secondary N) is 2. The molecule has 0 bridgehead atoms. The zero-order valence-electron chi connectivity index (χ0n) is 11.0. The Morgan fingerprint density at radius 3 is 2.53 bits per heavy atom. The Bertz CT molecular complexity index is 227. The molecule has 0 radical (unpaired) electrons. The molecule has 1 amide bonds. The Morgan fingerprint density at radius 1 is 1.35 bits per heavy atom. The van der Waals surface area contributed by atoms with Crippen LogP contribution in [0.25, 0.3) is 0 Å². The Morgan fingerprint density at radius 2 is 2.00 bits per heavy atom. The summed E-state index contributed by atoms with van der Waals surface area (Å²) in [4.78, 5) is 10.6. The van der Waals surface area contributed by atoms with Gasteiger partial charge in [0, 0.05) is 12.1 Å². The predicted octanol–water partition coefficient (Wildman–Crippen LogP) is 2.59. The van der Waals surface area contributed by atoms with Crippen molar-refractivity contribution in [3.8, 4) is 0 Å². The predicted molar refractivity (Wildman–Crippen MR) is 69.3 cm³/mol. The van der Waals surface area contributed by atoms with Crippen molar-refractivity contribution in [2.24, 2.45) is 5.92 Å². The molecule has 0 heterocycles. The number of hydrogen-bond acceptors (Lipinski definition) is 2. The third kappa shape index (κ3) is 5.39. The van der Waals surface area contributed by atoms with Gasteiger partial charge in [-0.05, 0) is 32.7 Å². The fourth-order valence-corrected chi connectivity index (χ4v) is 2.83. The van der Waals surface area contributed by atoms with Gasteiger partial charge in [-0.1, -0.05) is 32.1 Å². The first-order valence-corrected chi connectivity index (χ1v) is 6.80. The molecule has 0 aliphatic heterocycles. The van der Waals surface area contributed by atoms with Crippen LogP contribution in [0.3, 0.4) is 0 Å². The van der Waals surface area contributed by atoms with Crippen molar-refractivity contribution < 1.29 is 9.90 Å². The molecule has 0 aromatic carbocycles. The summed E-state index contributed by atoms with van der Waals surface area (Å²) in [5.41, 5.74) is 0. The minimum Gasteiger partial charge on any atom is -0.465 e. The summed E-state index contributed by atoms with van der Waals surface area (Å²) in [5, 5.41) is 14.5. The normalized spacial score (nSPS) is 20.8. The molecule has 4 heteroatoms. The second-order valence-corrected chi connectivity index (χ2v) is 5.21. The van der Waals surface area contributed by atoms with Crippen molar-refractivity contribution in [1.82, 2.24) is 10.6 Å². The van der Waals surface area contributed by atoms with E-state index in [1.807, 2.05) is 14.0 Å². The van der Waals surface area contributed by atoms with Gasteiger partial charge < -0.3 is 15.7 Å². The van der Waals surface area contributed by atoms with Crippen LogP contribution in [0.15, 0.2) is 0 Å². The molecular weight excluding hydrogens is 216 g/mol. The molecule has 17 heavy (non-hydrogen) atoms. The zero-order chi connectivity index (χ0) is 12.7. The van der Waals surface area contributed by atoms with Crippen LogP contribution in [-0.4, -0.2) is 30.3 Å². The molecule has 100 valence electrons. The Hall–Kier alpha value is -0.770. The van der Waals surface area contributed by atoms with Crippen molar-refractivity contribution in [3.05, 3.63) is 0 Å². The Kier molecular flexibility index (Phi) is 6.34. The Balaban J connectivity index is 2.27. The molecule has 0 spiro atoms. The second-order valence-electron chi connectivity index (χ2n) is 5.21. The highest BCUT2D eigenvalue weighted by molar-refractivity contribution is 5.64. The van der Waals surface area contributed by atoms with Gasteiger partial charge in [0.25, 0.3) is 0 Å². The van der Waals surface area contributed by atoms with E-state index >= 15 is 0 Å². The third-order valence-corrected chi connectivity index (χ3v) is 3.94. The van der Waals surface area contributed by atoms with Gasteiger partial charge in [-0.15, -0.1) is 0 Å². The lowest BCUT2D eigenvalue weighted by Gasteiger charge is -2.27. The first kappa shape index (κ1) is 14.3. The average Bonchev–Trinajstić information content (AvgIpc) is 2.30. The van der Waals surface area contributed by atoms with Gasteiger partial charge in [-0.3, -0.25) is 0 Å². The molecular formula is C13H26N2O2. The highest BCUT2D eigenvalue weighted by Gasteiger charge is 2.20. The maximum Gasteiger partial charge on any atom is 0.404 e. The van der Waals surface area contributed by atoms with Crippen LogP contribution in [0.4, 0.5) is 4.79 Å². The van der Waals surface area contributed by atoms with E-state index in [1.54, 1.807) is 0 Å². The molecule has 1 saturated carbocycles. The monoisotopic (exact) mass is 242 g/mol. The van der Waals surface area contributed by atoms with Crippen LogP contribution < -0.4 is 10.6 Å². The smallest absolute Gasteiger partial charge is 0.404 e. The lowest BCUT2D eigenvalue weighted by Crippen LogP contribution is -2.46. The van der Waals surface area contributed by atoms with Gasteiger partial charge in [-0.25, -0.2) is 4.79 Å². The summed E-state index contributed by atoms with van der Waals surface area (Å²) >= 11 is 0. The fourth-order valence-electron chi connectivity index (χ4n) is 2.83. The highest BCUT2D eigenvalue weighted by atomic mass is 16.4. The van der Waals surface area contributed by atoms with Crippen molar-refractivity contribution in [3.63, 3.8) is 0 Å². The summed E-state index contributed by atoms with van der Waals surface area (Å²) in [7, 11) is 1.91. The van der Waals surface area contributed by atoms with Crippen molar-refractivity contribution in [2.45, 2.75) is 64.0 Å². The van der Waals surface area contributed by atoms with Gasteiger partial charge in [0.2, 0.25) is 0 Å². The maximum absolute atomic E-state index is 10.6. The minimum absolute atomic E-state index is 0.0268. The molecule has 4 nitrogen and oxygen atoms in total. The van der Waals surface area contributed by atoms with Gasteiger partial charge in [-0.2, -0.15) is 0 Å². The van der Waals surface area contributed by atoms with E-state index < -0.39 is 6.09 Å². The highest BCUT2D eigenvalue weighted by Crippen LogP contribution is 2.27. The molecule has 3 N–H and O–H groups in total. The van der Waals surface area contributed by atoms with Gasteiger partial charge >= 0.3 is 6.09 Å². The van der Waals surface area contributed by atoms with E-state index in [4.69, 9.17) is 5.11 Å². The zero-order valence-corrected chi connectivity index (χ0v) is 11.0. The van der Waals surface area contributed by atoms with Gasteiger partial charge in [0.15, 0.2) is 0 Å². The van der Waals surface area contributed by atoms with Crippen LogP contribution in [0.5, 0.6) is 0 Å². The topological polar surface area (TPSA) is 61.4 Å². The van der Waals surface area contributed by atoms with Crippen LogP contribution >= 0.6 is 0 Å². The Labute approximate surface area is 104 Å². The van der Waals surface area contributed by atoms with E-state index in [9.17, 15) is 4.79 Å². The average molecular weight is 242 g/mol. The van der Waals surface area contributed by atoms with Crippen molar-refractivity contribution in [2.75, 3.05) is 7.05 Å². The first-order valence-electron chi connectivity index (χ1n) is 6.80. The largest absolute Gasteiger partial charge is 0.465 e. The summed E-state index contributed by atoms with van der Waals surface area (Å²) < 4.78 is 0. The van der Waals surface area contributed by atoms with Crippen LogP contribution in [0.1, 0.15) is 51.9 Å². The molecule has 2 unspecified atom stereocenters. The molecule has 2 atom stereocenters. The summed E-state index contributed by atoms with van der Waals surface area (Å²) in [6.07, 6.45) is 8.20. The molecule has 0 aromatic rings. The molecule has 1 fully saturated rings. The van der Waals surface area contributed by atoms with Crippen molar-refractivity contribution >= 4 is 6.09 Å². The van der Waals surface area contributed by atoms with E-state index in [0.29, 0.717) is 0 Å². The van der Waals surface area contributed by atoms with Gasteiger partial charge in [0.05, 0.1) is 0 Å². The summed E-state index contributed by atoms with van der Waals surface area (Å²) in [6.45, 7) is 1.93. The molecule has 0 aromatic heterocycles. The van der Waals surface area contributed by atoms with E-state index in [0.717, 1.165) is 12.3 Å². The number of rotatable bonds is 6.